The van der Waals surface area contributed by atoms with Crippen LogP contribution in [0.4, 0.5) is 4.39 Å². The number of hydrogen-bond acceptors (Lipinski definition) is 4. The lowest BCUT2D eigenvalue weighted by molar-refractivity contribution is 0.0971. The molecule has 4 aromatic rings. The fourth-order valence-corrected chi connectivity index (χ4v) is 5.54. The van der Waals surface area contributed by atoms with Crippen LogP contribution in [0.15, 0.2) is 64.2 Å². The van der Waals surface area contributed by atoms with E-state index in [4.69, 9.17) is 0 Å². The molecule has 0 saturated carbocycles. The normalized spacial score (nSPS) is 12.9. The van der Waals surface area contributed by atoms with E-state index in [1.165, 1.54) is 44.7 Å². The van der Waals surface area contributed by atoms with Crippen LogP contribution in [0.5, 0.6) is 0 Å². The van der Waals surface area contributed by atoms with Gasteiger partial charge in [0.25, 0.3) is 5.56 Å². The molecule has 5 rings (SSSR count). The third-order valence-corrected chi connectivity index (χ3v) is 7.03. The first-order valence-electron chi connectivity index (χ1n) is 10.1. The molecule has 2 aromatic carbocycles. The predicted molar refractivity (Wildman–Crippen MR) is 119 cm³/mol. The number of thiophene rings is 1. The molecule has 156 valence electrons. The minimum Gasteiger partial charge on any atom is -0.292 e. The van der Waals surface area contributed by atoms with E-state index < -0.39 is 11.5 Å². The highest BCUT2D eigenvalue weighted by Gasteiger charge is 2.25. The third kappa shape index (κ3) is 3.45. The largest absolute Gasteiger partial charge is 0.332 e. The maximum Gasteiger partial charge on any atom is 0.332 e. The Kier molecular flexibility index (Phi) is 4.90. The summed E-state index contributed by atoms with van der Waals surface area (Å²) >= 11 is 1.43. The standard InChI is InChI=1S/C24H19FN2O3S/c25-17-11-9-16(10-12-17)19(28)14-27-23-21(18-7-4-8-20(18)31-23)22(29)26(24(27)30)13-15-5-2-1-3-6-15/h1-3,5-6,9-12H,4,7-8,13-14H2. The summed E-state index contributed by atoms with van der Waals surface area (Å²) in [5.41, 5.74) is 1.37. The molecule has 0 atom stereocenters. The van der Waals surface area contributed by atoms with Gasteiger partial charge in [-0.15, -0.1) is 11.3 Å². The van der Waals surface area contributed by atoms with Crippen LogP contribution in [0.2, 0.25) is 0 Å². The van der Waals surface area contributed by atoms with Gasteiger partial charge in [-0.3, -0.25) is 18.7 Å². The van der Waals surface area contributed by atoms with Crippen molar-refractivity contribution in [3.63, 3.8) is 0 Å². The van der Waals surface area contributed by atoms with Crippen molar-refractivity contribution in [1.29, 1.82) is 0 Å². The molecule has 1 aliphatic carbocycles. The van der Waals surface area contributed by atoms with Crippen molar-refractivity contribution >= 4 is 27.3 Å². The monoisotopic (exact) mass is 434 g/mol. The molecule has 0 fully saturated rings. The number of carbonyl (C=O) groups excluding carboxylic acids is 1. The Balaban J connectivity index is 1.67. The predicted octanol–water partition coefficient (Wildman–Crippen LogP) is 3.78. The number of Topliss-reactive ketones (excluding diaryl/α,β-unsaturated/α-hetero) is 1. The lowest BCUT2D eigenvalue weighted by atomic mass is 10.1. The molecule has 1 aliphatic rings. The second-order valence-corrected chi connectivity index (χ2v) is 8.80. The third-order valence-electron chi connectivity index (χ3n) is 5.72. The smallest absolute Gasteiger partial charge is 0.292 e. The number of nitrogens with zero attached hydrogens (tertiary/aromatic N) is 2. The number of fused-ring (bicyclic) bond motifs is 3. The van der Waals surface area contributed by atoms with Crippen molar-refractivity contribution in [1.82, 2.24) is 9.13 Å². The Morgan fingerprint density at radius 2 is 1.71 bits per heavy atom. The molecule has 0 saturated heterocycles. The zero-order valence-corrected chi connectivity index (χ0v) is 17.5. The van der Waals surface area contributed by atoms with Gasteiger partial charge >= 0.3 is 5.69 Å². The average Bonchev–Trinajstić information content (AvgIpc) is 3.37. The lowest BCUT2D eigenvalue weighted by Gasteiger charge is -2.12. The number of rotatable bonds is 5. The molecular formula is C24H19FN2O3S. The number of ketones is 1. The van der Waals surface area contributed by atoms with E-state index in [-0.39, 0.29) is 24.4 Å². The first-order chi connectivity index (χ1) is 15.0. The van der Waals surface area contributed by atoms with E-state index >= 15 is 0 Å². The molecule has 0 N–H and O–H groups in total. The molecule has 0 unspecified atom stereocenters. The summed E-state index contributed by atoms with van der Waals surface area (Å²) in [5, 5.41) is 0.555. The van der Waals surface area contributed by atoms with Gasteiger partial charge in [0, 0.05) is 10.4 Å². The molecule has 0 spiro atoms. The first-order valence-corrected chi connectivity index (χ1v) is 10.9. The fraction of sp³-hybridized carbons (Fsp3) is 0.208. The molecular weight excluding hydrogens is 415 g/mol. The van der Waals surface area contributed by atoms with Gasteiger partial charge in [0.15, 0.2) is 5.78 Å². The minimum absolute atomic E-state index is 0.143. The summed E-state index contributed by atoms with van der Waals surface area (Å²) in [4.78, 5) is 41.3. The highest BCUT2D eigenvalue weighted by atomic mass is 32.1. The van der Waals surface area contributed by atoms with Gasteiger partial charge in [-0.25, -0.2) is 9.18 Å². The Labute approximate surface area is 181 Å². The molecule has 2 aromatic heterocycles. The molecule has 0 aliphatic heterocycles. The van der Waals surface area contributed by atoms with E-state index in [9.17, 15) is 18.8 Å². The average molecular weight is 434 g/mol. The molecule has 0 amide bonds. The maximum atomic E-state index is 13.4. The Morgan fingerprint density at radius 3 is 2.45 bits per heavy atom. The minimum atomic E-state index is -0.503. The molecule has 2 heterocycles. The van der Waals surface area contributed by atoms with Crippen LogP contribution < -0.4 is 11.2 Å². The number of hydrogen-bond donors (Lipinski definition) is 0. The number of halogens is 1. The SMILES string of the molecule is O=C(Cn1c(=O)n(Cc2ccccc2)c(=O)c2c3c(sc21)CCC3)c1ccc(F)cc1. The van der Waals surface area contributed by atoms with Crippen LogP contribution in [0.3, 0.4) is 0 Å². The summed E-state index contributed by atoms with van der Waals surface area (Å²) < 4.78 is 15.9. The maximum absolute atomic E-state index is 13.4. The lowest BCUT2D eigenvalue weighted by Crippen LogP contribution is -2.41. The Bertz CT molecular complexity index is 1420. The van der Waals surface area contributed by atoms with Gasteiger partial charge in [-0.2, -0.15) is 0 Å². The molecule has 5 nitrogen and oxygen atoms in total. The van der Waals surface area contributed by atoms with Gasteiger partial charge in [-0.1, -0.05) is 30.3 Å². The van der Waals surface area contributed by atoms with E-state index in [1.54, 1.807) is 0 Å². The van der Waals surface area contributed by atoms with E-state index in [2.05, 4.69) is 0 Å². The van der Waals surface area contributed by atoms with Crippen LogP contribution in [0.1, 0.15) is 32.8 Å². The van der Waals surface area contributed by atoms with Crippen molar-refractivity contribution in [2.24, 2.45) is 0 Å². The molecule has 7 heteroatoms. The van der Waals surface area contributed by atoms with Crippen LogP contribution in [0.25, 0.3) is 10.2 Å². The number of aryl methyl sites for hydroxylation is 2. The molecule has 0 bridgehead atoms. The Morgan fingerprint density at radius 1 is 0.968 bits per heavy atom. The number of aromatic nitrogens is 2. The van der Waals surface area contributed by atoms with Crippen LogP contribution in [-0.4, -0.2) is 14.9 Å². The van der Waals surface area contributed by atoms with Gasteiger partial charge in [0.1, 0.15) is 10.6 Å². The summed E-state index contributed by atoms with van der Waals surface area (Å²) in [5.74, 6) is -0.732. The van der Waals surface area contributed by atoms with Crippen molar-refractivity contribution in [3.8, 4) is 0 Å². The Hall–Kier alpha value is -3.32. The highest BCUT2D eigenvalue weighted by molar-refractivity contribution is 7.19. The van der Waals surface area contributed by atoms with Crippen LogP contribution >= 0.6 is 11.3 Å². The first kappa shape index (κ1) is 19.6. The van der Waals surface area contributed by atoms with Gasteiger partial charge in [0.2, 0.25) is 0 Å². The van der Waals surface area contributed by atoms with Crippen molar-refractivity contribution < 1.29 is 9.18 Å². The summed E-state index contributed by atoms with van der Waals surface area (Å²) in [6, 6.07) is 14.6. The second-order valence-electron chi connectivity index (χ2n) is 7.71. The van der Waals surface area contributed by atoms with E-state index in [0.717, 1.165) is 35.3 Å². The summed E-state index contributed by atoms with van der Waals surface area (Å²) in [6.07, 6.45) is 2.68. The van der Waals surface area contributed by atoms with E-state index in [1.807, 2.05) is 30.3 Å². The van der Waals surface area contributed by atoms with Crippen molar-refractivity contribution in [2.75, 3.05) is 0 Å². The molecule has 0 radical (unpaired) electrons. The van der Waals surface area contributed by atoms with Crippen LogP contribution in [0, 0.1) is 5.82 Å². The molecule has 31 heavy (non-hydrogen) atoms. The fourth-order valence-electron chi connectivity index (χ4n) is 4.17. The van der Waals surface area contributed by atoms with Crippen LogP contribution in [-0.2, 0) is 25.9 Å². The van der Waals surface area contributed by atoms with Gasteiger partial charge in [0.05, 0.1) is 18.5 Å². The second kappa shape index (κ2) is 7.74. The summed E-state index contributed by atoms with van der Waals surface area (Å²) in [6.45, 7) is -0.0563. The number of carbonyl (C=O) groups is 1. The zero-order chi connectivity index (χ0) is 21.5. The number of benzene rings is 2. The van der Waals surface area contributed by atoms with Crippen molar-refractivity contribution in [3.05, 3.63) is 103 Å². The summed E-state index contributed by atoms with van der Waals surface area (Å²) in [7, 11) is 0. The highest BCUT2D eigenvalue weighted by Crippen LogP contribution is 2.35. The van der Waals surface area contributed by atoms with Crippen molar-refractivity contribution in [2.45, 2.75) is 32.4 Å². The van der Waals surface area contributed by atoms with Gasteiger partial charge < -0.3 is 0 Å². The van der Waals surface area contributed by atoms with E-state index in [0.29, 0.717) is 15.8 Å². The topological polar surface area (TPSA) is 61.1 Å². The zero-order valence-electron chi connectivity index (χ0n) is 16.6. The van der Waals surface area contributed by atoms with Gasteiger partial charge in [-0.05, 0) is 54.7 Å². The quantitative estimate of drug-likeness (QED) is 0.449.